The van der Waals surface area contributed by atoms with Crippen molar-refractivity contribution < 1.29 is 9.84 Å². The first-order valence-electron chi connectivity index (χ1n) is 7.06. The number of benzene rings is 1. The van der Waals surface area contributed by atoms with Gasteiger partial charge < -0.3 is 15.2 Å². The van der Waals surface area contributed by atoms with Gasteiger partial charge in [-0.25, -0.2) is 0 Å². The maximum atomic E-state index is 9.43. The summed E-state index contributed by atoms with van der Waals surface area (Å²) in [5.41, 5.74) is 0.998. The third-order valence-corrected chi connectivity index (χ3v) is 3.00. The molecule has 0 aliphatic carbocycles. The second-order valence-corrected chi connectivity index (χ2v) is 5.66. The van der Waals surface area contributed by atoms with Crippen LogP contribution in [-0.4, -0.2) is 36.5 Å². The van der Waals surface area contributed by atoms with Gasteiger partial charge >= 0.3 is 0 Å². The Morgan fingerprint density at radius 1 is 1.26 bits per heavy atom. The molecule has 1 aromatic rings. The molecule has 19 heavy (non-hydrogen) atoms. The normalized spacial score (nSPS) is 14.6. The van der Waals surface area contributed by atoms with Gasteiger partial charge in [-0.15, -0.1) is 0 Å². The van der Waals surface area contributed by atoms with E-state index in [2.05, 4.69) is 43.4 Å². The molecular formula is C16H27NO2. The van der Waals surface area contributed by atoms with Crippen molar-refractivity contribution >= 4 is 0 Å². The number of hydrogen-bond acceptors (Lipinski definition) is 3. The van der Waals surface area contributed by atoms with Crippen LogP contribution in [0.25, 0.3) is 0 Å². The summed E-state index contributed by atoms with van der Waals surface area (Å²) in [7, 11) is 0. The van der Waals surface area contributed by atoms with Gasteiger partial charge in [-0.2, -0.15) is 0 Å². The molecule has 3 heteroatoms. The summed E-state index contributed by atoms with van der Waals surface area (Å²) < 4.78 is 5.69. The number of aliphatic hydroxyl groups is 1. The van der Waals surface area contributed by atoms with Crippen LogP contribution >= 0.6 is 0 Å². The number of ether oxygens (including phenoxy) is 1. The van der Waals surface area contributed by atoms with Crippen molar-refractivity contribution in [3.63, 3.8) is 0 Å². The van der Waals surface area contributed by atoms with Crippen LogP contribution in [0.4, 0.5) is 0 Å². The van der Waals surface area contributed by atoms with Crippen molar-refractivity contribution in [1.29, 1.82) is 0 Å². The SMILES string of the molecule is CC(C)NC(C)(CO)COCCCc1ccccc1. The van der Waals surface area contributed by atoms with Crippen LogP contribution in [0.2, 0.25) is 0 Å². The van der Waals surface area contributed by atoms with Gasteiger partial charge in [0, 0.05) is 12.6 Å². The lowest BCUT2D eigenvalue weighted by Gasteiger charge is -2.30. The average molecular weight is 265 g/mol. The number of aryl methyl sites for hydroxylation is 1. The molecule has 1 aromatic carbocycles. The van der Waals surface area contributed by atoms with Gasteiger partial charge in [0.1, 0.15) is 0 Å². The van der Waals surface area contributed by atoms with E-state index in [0.29, 0.717) is 12.6 Å². The first-order valence-corrected chi connectivity index (χ1v) is 7.06. The Morgan fingerprint density at radius 3 is 2.53 bits per heavy atom. The highest BCUT2D eigenvalue weighted by atomic mass is 16.5. The maximum absolute atomic E-state index is 9.43. The summed E-state index contributed by atoms with van der Waals surface area (Å²) in [5.74, 6) is 0. The Kier molecular flexibility index (Phi) is 7.06. The third kappa shape index (κ3) is 6.71. The lowest BCUT2D eigenvalue weighted by atomic mass is 10.0. The Balaban J connectivity index is 2.19. The van der Waals surface area contributed by atoms with Gasteiger partial charge in [0.15, 0.2) is 0 Å². The molecule has 0 bridgehead atoms. The summed E-state index contributed by atoms with van der Waals surface area (Å²) in [4.78, 5) is 0. The van der Waals surface area contributed by atoms with E-state index >= 15 is 0 Å². The fourth-order valence-corrected chi connectivity index (χ4v) is 2.15. The molecule has 0 radical (unpaired) electrons. The molecule has 0 saturated heterocycles. The van der Waals surface area contributed by atoms with E-state index in [1.165, 1.54) is 5.56 Å². The molecular weight excluding hydrogens is 238 g/mol. The van der Waals surface area contributed by atoms with E-state index in [1.807, 2.05) is 13.0 Å². The summed E-state index contributed by atoms with van der Waals surface area (Å²) in [6.45, 7) is 7.49. The van der Waals surface area contributed by atoms with Crippen LogP contribution < -0.4 is 5.32 Å². The first kappa shape index (κ1) is 16.2. The minimum Gasteiger partial charge on any atom is -0.394 e. The lowest BCUT2D eigenvalue weighted by molar-refractivity contribution is 0.0394. The van der Waals surface area contributed by atoms with E-state index in [1.54, 1.807) is 0 Å². The first-order chi connectivity index (χ1) is 9.06. The number of nitrogens with one attached hydrogen (secondary N) is 1. The summed E-state index contributed by atoms with van der Waals surface area (Å²) in [6, 6.07) is 10.8. The average Bonchev–Trinajstić information content (AvgIpc) is 2.39. The molecule has 2 N–H and O–H groups in total. The lowest BCUT2D eigenvalue weighted by Crippen LogP contribution is -2.52. The molecule has 0 heterocycles. The van der Waals surface area contributed by atoms with Gasteiger partial charge in [0.2, 0.25) is 0 Å². The molecule has 0 aromatic heterocycles. The molecule has 1 rings (SSSR count). The van der Waals surface area contributed by atoms with Crippen molar-refractivity contribution in [2.45, 2.75) is 45.2 Å². The standard InChI is InChI=1S/C16H27NO2/c1-14(2)17-16(3,12-18)13-19-11-7-10-15-8-5-4-6-9-15/h4-6,8-9,14,17-18H,7,10-13H2,1-3H3. The van der Waals surface area contributed by atoms with E-state index in [4.69, 9.17) is 4.74 Å². The summed E-state index contributed by atoms with van der Waals surface area (Å²) in [6.07, 6.45) is 2.04. The molecule has 0 aliphatic rings. The molecule has 0 fully saturated rings. The molecule has 108 valence electrons. The Hall–Kier alpha value is -0.900. The van der Waals surface area contributed by atoms with Gasteiger partial charge in [-0.05, 0) is 25.3 Å². The minimum absolute atomic E-state index is 0.0872. The zero-order valence-electron chi connectivity index (χ0n) is 12.4. The fourth-order valence-electron chi connectivity index (χ4n) is 2.15. The molecule has 3 nitrogen and oxygen atoms in total. The van der Waals surface area contributed by atoms with E-state index in [-0.39, 0.29) is 12.1 Å². The van der Waals surface area contributed by atoms with Crippen LogP contribution in [0.15, 0.2) is 30.3 Å². The van der Waals surface area contributed by atoms with Crippen LogP contribution in [0.3, 0.4) is 0 Å². The Morgan fingerprint density at radius 2 is 1.95 bits per heavy atom. The molecule has 0 spiro atoms. The van der Waals surface area contributed by atoms with E-state index < -0.39 is 0 Å². The number of hydrogen-bond donors (Lipinski definition) is 2. The summed E-state index contributed by atoms with van der Waals surface area (Å²) in [5, 5.41) is 12.8. The van der Waals surface area contributed by atoms with E-state index in [0.717, 1.165) is 19.4 Å². The van der Waals surface area contributed by atoms with Crippen molar-refractivity contribution in [2.24, 2.45) is 0 Å². The Labute approximate surface area is 117 Å². The van der Waals surface area contributed by atoms with Gasteiger partial charge in [-0.3, -0.25) is 0 Å². The monoisotopic (exact) mass is 265 g/mol. The quantitative estimate of drug-likeness (QED) is 0.674. The minimum atomic E-state index is -0.346. The third-order valence-electron chi connectivity index (χ3n) is 3.00. The second-order valence-electron chi connectivity index (χ2n) is 5.66. The predicted molar refractivity (Wildman–Crippen MR) is 79.3 cm³/mol. The zero-order valence-corrected chi connectivity index (χ0v) is 12.4. The van der Waals surface area contributed by atoms with Gasteiger partial charge in [0.25, 0.3) is 0 Å². The van der Waals surface area contributed by atoms with Crippen molar-refractivity contribution in [2.75, 3.05) is 19.8 Å². The van der Waals surface area contributed by atoms with Crippen molar-refractivity contribution in [3.8, 4) is 0 Å². The highest BCUT2D eigenvalue weighted by molar-refractivity contribution is 5.14. The maximum Gasteiger partial charge on any atom is 0.0668 e. The number of rotatable bonds is 9. The van der Waals surface area contributed by atoms with Gasteiger partial charge in [0.05, 0.1) is 18.8 Å². The zero-order chi connectivity index (χ0) is 14.1. The van der Waals surface area contributed by atoms with E-state index in [9.17, 15) is 5.11 Å². The van der Waals surface area contributed by atoms with Crippen molar-refractivity contribution in [1.82, 2.24) is 5.32 Å². The van der Waals surface area contributed by atoms with Gasteiger partial charge in [-0.1, -0.05) is 44.2 Å². The molecule has 1 unspecified atom stereocenters. The Bertz CT molecular complexity index is 340. The topological polar surface area (TPSA) is 41.5 Å². The fraction of sp³-hybridized carbons (Fsp3) is 0.625. The van der Waals surface area contributed by atoms with Crippen LogP contribution in [0, 0.1) is 0 Å². The smallest absolute Gasteiger partial charge is 0.0668 e. The summed E-state index contributed by atoms with van der Waals surface area (Å²) >= 11 is 0. The predicted octanol–water partition coefficient (Wildman–Crippen LogP) is 2.38. The van der Waals surface area contributed by atoms with Crippen LogP contribution in [0.1, 0.15) is 32.8 Å². The van der Waals surface area contributed by atoms with Crippen molar-refractivity contribution in [3.05, 3.63) is 35.9 Å². The molecule has 1 atom stereocenters. The van der Waals surface area contributed by atoms with Crippen LogP contribution in [-0.2, 0) is 11.2 Å². The molecule has 0 saturated carbocycles. The van der Waals surface area contributed by atoms with Crippen LogP contribution in [0.5, 0.6) is 0 Å². The second kappa shape index (κ2) is 8.31. The highest BCUT2D eigenvalue weighted by Crippen LogP contribution is 2.07. The molecule has 0 aliphatic heterocycles. The highest BCUT2D eigenvalue weighted by Gasteiger charge is 2.23. The molecule has 0 amide bonds. The largest absolute Gasteiger partial charge is 0.394 e. The number of aliphatic hydroxyl groups excluding tert-OH is 1.